The zero-order valence-electron chi connectivity index (χ0n) is 14.6. The molecule has 0 spiro atoms. The zero-order valence-corrected chi connectivity index (χ0v) is 15.4. The fourth-order valence-corrected chi connectivity index (χ4v) is 3.72. The first-order valence-corrected chi connectivity index (χ1v) is 8.65. The fourth-order valence-electron chi connectivity index (χ4n) is 2.71. The van der Waals surface area contributed by atoms with Crippen LogP contribution in [0.2, 0.25) is 0 Å². The molecule has 0 saturated carbocycles. The number of nitro groups is 1. The van der Waals surface area contributed by atoms with Crippen molar-refractivity contribution in [1.29, 1.82) is 0 Å². The van der Waals surface area contributed by atoms with Gasteiger partial charge in [-0.3, -0.25) is 14.9 Å². The van der Waals surface area contributed by atoms with Crippen molar-refractivity contribution in [2.75, 3.05) is 7.11 Å². The van der Waals surface area contributed by atoms with Gasteiger partial charge in [-0.05, 0) is 30.2 Å². The van der Waals surface area contributed by atoms with Crippen molar-refractivity contribution in [1.82, 2.24) is 4.57 Å². The first-order valence-electron chi connectivity index (χ1n) is 7.84. The molecule has 1 amide bonds. The molecule has 3 rings (SSSR count). The maximum absolute atomic E-state index is 12.3. The van der Waals surface area contributed by atoms with Gasteiger partial charge in [-0.25, -0.2) is 0 Å². The maximum Gasteiger partial charge on any atom is 0.271 e. The zero-order chi connectivity index (χ0) is 18.8. The standard InChI is InChI=1S/C18H17N3O4S/c1-11-8-12(4-6-15(11)25-3)9-17(22)19-18-20(2)14-10-13(21(23)24)5-7-16(14)26-18/h4-8,10H,9H2,1-3H3. The lowest BCUT2D eigenvalue weighted by molar-refractivity contribution is -0.384. The van der Waals surface area contributed by atoms with Gasteiger partial charge >= 0.3 is 0 Å². The Kier molecular flexibility index (Phi) is 4.85. The summed E-state index contributed by atoms with van der Waals surface area (Å²) in [4.78, 5) is 27.5. The van der Waals surface area contributed by atoms with Crippen LogP contribution in [0.3, 0.4) is 0 Å². The van der Waals surface area contributed by atoms with E-state index >= 15 is 0 Å². The molecular weight excluding hydrogens is 354 g/mol. The highest BCUT2D eigenvalue weighted by Gasteiger charge is 2.11. The number of methoxy groups -OCH3 is 1. The Hall–Kier alpha value is -3.00. The van der Waals surface area contributed by atoms with Gasteiger partial charge in [0.15, 0.2) is 4.80 Å². The average molecular weight is 371 g/mol. The second kappa shape index (κ2) is 7.09. The summed E-state index contributed by atoms with van der Waals surface area (Å²) >= 11 is 1.33. The largest absolute Gasteiger partial charge is 0.496 e. The van der Waals surface area contributed by atoms with Gasteiger partial charge in [0.05, 0.1) is 28.7 Å². The molecule has 1 aromatic heterocycles. The number of thiazole rings is 1. The molecule has 0 radical (unpaired) electrons. The number of carbonyl (C=O) groups excluding carboxylic acids is 1. The van der Waals surface area contributed by atoms with Crippen LogP contribution in [0.15, 0.2) is 41.4 Å². The molecule has 0 unspecified atom stereocenters. The fraction of sp³-hybridized carbons (Fsp3) is 0.222. The maximum atomic E-state index is 12.3. The molecule has 134 valence electrons. The summed E-state index contributed by atoms with van der Waals surface area (Å²) in [5.41, 5.74) is 2.50. The number of nitro benzene ring substituents is 1. The molecule has 8 heteroatoms. The highest BCUT2D eigenvalue weighted by Crippen LogP contribution is 2.22. The lowest BCUT2D eigenvalue weighted by Crippen LogP contribution is -2.14. The molecule has 1 heterocycles. The van der Waals surface area contributed by atoms with Gasteiger partial charge in [0.1, 0.15) is 5.75 Å². The van der Waals surface area contributed by atoms with Crippen LogP contribution in [0, 0.1) is 17.0 Å². The van der Waals surface area contributed by atoms with Gasteiger partial charge in [-0.2, -0.15) is 4.99 Å². The molecular formula is C18H17N3O4S. The first-order chi connectivity index (χ1) is 12.4. The van der Waals surface area contributed by atoms with E-state index in [1.807, 2.05) is 25.1 Å². The Morgan fingerprint density at radius 1 is 1.31 bits per heavy atom. The van der Waals surface area contributed by atoms with E-state index in [0.717, 1.165) is 21.6 Å². The van der Waals surface area contributed by atoms with Crippen LogP contribution in [0.5, 0.6) is 5.75 Å². The summed E-state index contributed by atoms with van der Waals surface area (Å²) in [6.07, 6.45) is 0.180. The second-order valence-corrected chi connectivity index (χ2v) is 6.85. The normalized spacial score (nSPS) is 11.7. The predicted molar refractivity (Wildman–Crippen MR) is 99.5 cm³/mol. The molecule has 0 N–H and O–H groups in total. The molecule has 3 aromatic rings. The summed E-state index contributed by atoms with van der Waals surface area (Å²) in [7, 11) is 3.35. The van der Waals surface area contributed by atoms with E-state index < -0.39 is 4.92 Å². The number of carbonyl (C=O) groups is 1. The van der Waals surface area contributed by atoms with Crippen molar-refractivity contribution in [2.45, 2.75) is 13.3 Å². The predicted octanol–water partition coefficient (Wildman–Crippen LogP) is 3.14. The Morgan fingerprint density at radius 2 is 2.08 bits per heavy atom. The molecule has 0 aliphatic heterocycles. The molecule has 0 atom stereocenters. The number of aryl methyl sites for hydroxylation is 2. The van der Waals surface area contributed by atoms with Crippen molar-refractivity contribution in [3.05, 3.63) is 62.4 Å². The van der Waals surface area contributed by atoms with E-state index in [0.29, 0.717) is 10.3 Å². The lowest BCUT2D eigenvalue weighted by atomic mass is 10.1. The molecule has 0 aliphatic carbocycles. The number of amides is 1. The van der Waals surface area contributed by atoms with Crippen molar-refractivity contribution in [3.63, 3.8) is 0 Å². The van der Waals surface area contributed by atoms with Gasteiger partial charge in [-0.15, -0.1) is 0 Å². The summed E-state index contributed by atoms with van der Waals surface area (Å²) < 4.78 is 7.75. The van der Waals surface area contributed by atoms with Crippen molar-refractivity contribution in [3.8, 4) is 5.75 Å². The van der Waals surface area contributed by atoms with E-state index in [-0.39, 0.29) is 18.0 Å². The third-order valence-corrected chi connectivity index (χ3v) is 5.15. The molecule has 26 heavy (non-hydrogen) atoms. The van der Waals surface area contributed by atoms with Gasteiger partial charge in [-0.1, -0.05) is 23.5 Å². The summed E-state index contributed by atoms with van der Waals surface area (Å²) in [5, 5.41) is 10.9. The number of rotatable bonds is 4. The number of hydrogen-bond acceptors (Lipinski definition) is 5. The number of fused-ring (bicyclic) bond motifs is 1. The average Bonchev–Trinajstić information content (AvgIpc) is 2.90. The van der Waals surface area contributed by atoms with Crippen LogP contribution < -0.4 is 9.54 Å². The lowest BCUT2D eigenvalue weighted by Gasteiger charge is -2.05. The van der Waals surface area contributed by atoms with Gasteiger partial charge in [0.2, 0.25) is 0 Å². The van der Waals surface area contributed by atoms with E-state index in [4.69, 9.17) is 4.74 Å². The molecule has 0 bridgehead atoms. The summed E-state index contributed by atoms with van der Waals surface area (Å²) in [6.45, 7) is 1.92. The number of non-ortho nitro benzene ring substituents is 1. The molecule has 0 fully saturated rings. The number of benzene rings is 2. The Labute approximate surface area is 153 Å². The van der Waals surface area contributed by atoms with Gasteiger partial charge < -0.3 is 9.30 Å². The SMILES string of the molecule is COc1ccc(CC(=O)N=c2sc3ccc([N+](=O)[O-])cc3n2C)cc1C. The van der Waals surface area contributed by atoms with E-state index in [1.165, 1.54) is 23.5 Å². The third-order valence-electron chi connectivity index (χ3n) is 4.04. The Morgan fingerprint density at radius 3 is 2.73 bits per heavy atom. The molecule has 2 aromatic carbocycles. The monoisotopic (exact) mass is 371 g/mol. The third kappa shape index (κ3) is 3.50. The van der Waals surface area contributed by atoms with Gasteiger partial charge in [0, 0.05) is 19.2 Å². The highest BCUT2D eigenvalue weighted by atomic mass is 32.1. The van der Waals surface area contributed by atoms with Crippen LogP contribution in [0.25, 0.3) is 10.2 Å². The Bertz CT molecular complexity index is 1080. The number of hydrogen-bond donors (Lipinski definition) is 0. The topological polar surface area (TPSA) is 86.7 Å². The number of nitrogens with zero attached hydrogens (tertiary/aromatic N) is 3. The number of ether oxygens (including phenoxy) is 1. The minimum atomic E-state index is -0.439. The van der Waals surface area contributed by atoms with Crippen LogP contribution >= 0.6 is 11.3 Å². The van der Waals surface area contributed by atoms with Crippen molar-refractivity contribution in [2.24, 2.45) is 12.0 Å². The quantitative estimate of drug-likeness (QED) is 0.521. The number of aromatic nitrogens is 1. The van der Waals surface area contributed by atoms with Crippen LogP contribution in [-0.4, -0.2) is 22.5 Å². The molecule has 0 aliphatic rings. The first kappa shape index (κ1) is 17.8. The van der Waals surface area contributed by atoms with E-state index in [1.54, 1.807) is 24.8 Å². The summed E-state index contributed by atoms with van der Waals surface area (Å²) in [5.74, 6) is 0.502. The minimum Gasteiger partial charge on any atom is -0.496 e. The van der Waals surface area contributed by atoms with Crippen LogP contribution in [0.1, 0.15) is 11.1 Å². The van der Waals surface area contributed by atoms with Crippen molar-refractivity contribution < 1.29 is 14.5 Å². The minimum absolute atomic E-state index is 0.0116. The highest BCUT2D eigenvalue weighted by molar-refractivity contribution is 7.16. The van der Waals surface area contributed by atoms with Crippen LogP contribution in [0.4, 0.5) is 5.69 Å². The molecule has 0 saturated heterocycles. The smallest absolute Gasteiger partial charge is 0.271 e. The van der Waals surface area contributed by atoms with E-state index in [2.05, 4.69) is 4.99 Å². The van der Waals surface area contributed by atoms with Crippen molar-refractivity contribution >= 4 is 33.1 Å². The summed E-state index contributed by atoms with van der Waals surface area (Å²) in [6, 6.07) is 10.2. The van der Waals surface area contributed by atoms with Crippen LogP contribution in [-0.2, 0) is 18.3 Å². The molecule has 7 nitrogen and oxygen atoms in total. The van der Waals surface area contributed by atoms with Gasteiger partial charge in [0.25, 0.3) is 11.6 Å². The Balaban J connectivity index is 1.91. The second-order valence-electron chi connectivity index (χ2n) is 5.84. The van der Waals surface area contributed by atoms with E-state index in [9.17, 15) is 14.9 Å².